The Labute approximate surface area is 102 Å². The number of carboxylic acids is 1. The molecule has 0 aromatic heterocycles. The Morgan fingerprint density at radius 2 is 1.94 bits per heavy atom. The molecule has 18 heavy (non-hydrogen) atoms. The van der Waals surface area contributed by atoms with E-state index in [-0.39, 0.29) is 10.5 Å². The predicted octanol–water partition coefficient (Wildman–Crippen LogP) is 1.96. The van der Waals surface area contributed by atoms with Crippen molar-refractivity contribution in [2.45, 2.75) is 28.9 Å². The van der Waals surface area contributed by atoms with Crippen molar-refractivity contribution in [3.63, 3.8) is 0 Å². The minimum absolute atomic E-state index is 0.179. The summed E-state index contributed by atoms with van der Waals surface area (Å²) < 4.78 is 49.3. The number of sulfone groups is 1. The van der Waals surface area contributed by atoms with Crippen LogP contribution in [0.25, 0.3) is 0 Å². The third-order valence-electron chi connectivity index (χ3n) is 2.90. The molecule has 2 rings (SSSR count). The fourth-order valence-electron chi connectivity index (χ4n) is 1.82. The highest BCUT2D eigenvalue weighted by Crippen LogP contribution is 2.43. The molecule has 98 valence electrons. The van der Waals surface area contributed by atoms with Gasteiger partial charge in [-0.05, 0) is 18.2 Å². The van der Waals surface area contributed by atoms with E-state index in [4.69, 9.17) is 5.11 Å². The second-order valence-corrected chi connectivity index (χ2v) is 6.49. The second kappa shape index (κ2) is 4.01. The Kier molecular flexibility index (Phi) is 2.89. The standard InChI is InChI=1S/C11H10F2O4S/c12-11(13)5-9(6-11)18(16,17)8-3-1-2-7(4-8)10(14)15/h1-4,9H,5-6H2,(H,14,15). The molecule has 0 amide bonds. The summed E-state index contributed by atoms with van der Waals surface area (Å²) in [5, 5.41) is 7.62. The van der Waals surface area contributed by atoms with E-state index in [0.29, 0.717) is 0 Å². The molecule has 7 heteroatoms. The predicted molar refractivity (Wildman–Crippen MR) is 58.6 cm³/mol. The van der Waals surface area contributed by atoms with Gasteiger partial charge in [0, 0.05) is 12.8 Å². The minimum Gasteiger partial charge on any atom is -0.478 e. The minimum atomic E-state index is -3.87. The van der Waals surface area contributed by atoms with Crippen LogP contribution in [0.15, 0.2) is 29.2 Å². The molecular formula is C11H10F2O4S. The molecule has 1 fully saturated rings. The van der Waals surface area contributed by atoms with Crippen LogP contribution < -0.4 is 0 Å². The van der Waals surface area contributed by atoms with Crippen molar-refractivity contribution >= 4 is 15.8 Å². The summed E-state index contributed by atoms with van der Waals surface area (Å²) in [7, 11) is -3.87. The number of halogens is 2. The van der Waals surface area contributed by atoms with Crippen molar-refractivity contribution in [2.24, 2.45) is 0 Å². The van der Waals surface area contributed by atoms with Gasteiger partial charge in [-0.2, -0.15) is 0 Å². The quantitative estimate of drug-likeness (QED) is 0.916. The van der Waals surface area contributed by atoms with Gasteiger partial charge in [0.25, 0.3) is 5.92 Å². The van der Waals surface area contributed by atoms with E-state index in [1.54, 1.807) is 0 Å². The van der Waals surface area contributed by atoms with E-state index in [1.165, 1.54) is 18.2 Å². The van der Waals surface area contributed by atoms with Gasteiger partial charge in [0.2, 0.25) is 0 Å². The molecule has 0 saturated heterocycles. The monoisotopic (exact) mass is 276 g/mol. The Bertz CT molecular complexity index is 587. The van der Waals surface area contributed by atoms with E-state index in [2.05, 4.69) is 0 Å². The molecule has 0 aliphatic heterocycles. The number of rotatable bonds is 3. The highest BCUT2D eigenvalue weighted by molar-refractivity contribution is 7.92. The number of hydrogen-bond acceptors (Lipinski definition) is 3. The SMILES string of the molecule is O=C(O)c1cccc(S(=O)(=O)C2CC(F)(F)C2)c1. The van der Waals surface area contributed by atoms with Crippen LogP contribution in [0.2, 0.25) is 0 Å². The van der Waals surface area contributed by atoms with E-state index in [0.717, 1.165) is 6.07 Å². The second-order valence-electron chi connectivity index (χ2n) is 4.26. The zero-order valence-corrected chi connectivity index (χ0v) is 9.95. The lowest BCUT2D eigenvalue weighted by atomic mass is 9.94. The van der Waals surface area contributed by atoms with E-state index >= 15 is 0 Å². The smallest absolute Gasteiger partial charge is 0.335 e. The first-order valence-corrected chi connectivity index (χ1v) is 6.72. The van der Waals surface area contributed by atoms with E-state index < -0.39 is 39.8 Å². The van der Waals surface area contributed by atoms with Crippen LogP contribution in [-0.4, -0.2) is 30.7 Å². The fraction of sp³-hybridized carbons (Fsp3) is 0.364. The Morgan fingerprint density at radius 1 is 1.33 bits per heavy atom. The third kappa shape index (κ3) is 2.22. The number of carbonyl (C=O) groups is 1. The normalized spacial score (nSPS) is 19.2. The highest BCUT2D eigenvalue weighted by atomic mass is 32.2. The summed E-state index contributed by atoms with van der Waals surface area (Å²) in [5.74, 6) is -4.19. The number of carboxylic acid groups (broad SMARTS) is 1. The summed E-state index contributed by atoms with van der Waals surface area (Å²) in [6, 6.07) is 4.75. The molecule has 1 aliphatic carbocycles. The summed E-state index contributed by atoms with van der Waals surface area (Å²) >= 11 is 0. The van der Waals surface area contributed by atoms with Gasteiger partial charge in [0.15, 0.2) is 9.84 Å². The molecule has 0 spiro atoms. The molecule has 0 heterocycles. The van der Waals surface area contributed by atoms with Crippen molar-refractivity contribution in [1.29, 1.82) is 0 Å². The van der Waals surface area contributed by atoms with Gasteiger partial charge in [-0.3, -0.25) is 0 Å². The Balaban J connectivity index is 2.31. The van der Waals surface area contributed by atoms with Crippen LogP contribution in [0.5, 0.6) is 0 Å². The molecule has 4 nitrogen and oxygen atoms in total. The summed E-state index contributed by atoms with van der Waals surface area (Å²) in [6.07, 6.45) is -1.40. The first-order chi connectivity index (χ1) is 8.22. The molecule has 1 N–H and O–H groups in total. The van der Waals surface area contributed by atoms with Gasteiger partial charge in [0.1, 0.15) is 0 Å². The third-order valence-corrected chi connectivity index (χ3v) is 5.02. The van der Waals surface area contributed by atoms with Gasteiger partial charge >= 0.3 is 5.97 Å². The maximum Gasteiger partial charge on any atom is 0.335 e. The Morgan fingerprint density at radius 3 is 2.44 bits per heavy atom. The van der Waals surface area contributed by atoms with Crippen molar-refractivity contribution in [2.75, 3.05) is 0 Å². The van der Waals surface area contributed by atoms with Crippen molar-refractivity contribution in [3.8, 4) is 0 Å². The summed E-state index contributed by atoms with van der Waals surface area (Å²) in [4.78, 5) is 10.5. The lowest BCUT2D eigenvalue weighted by Crippen LogP contribution is -2.44. The number of aromatic carboxylic acids is 1. The van der Waals surface area contributed by atoms with Gasteiger partial charge in [-0.1, -0.05) is 6.07 Å². The number of benzene rings is 1. The first kappa shape index (κ1) is 12.9. The topological polar surface area (TPSA) is 71.4 Å². The molecule has 0 bridgehead atoms. The van der Waals surface area contributed by atoms with Gasteiger partial charge < -0.3 is 5.11 Å². The lowest BCUT2D eigenvalue weighted by molar-refractivity contribution is -0.0685. The van der Waals surface area contributed by atoms with Gasteiger partial charge in [0.05, 0.1) is 15.7 Å². The maximum absolute atomic E-state index is 12.7. The maximum atomic E-state index is 12.7. The van der Waals surface area contributed by atoms with Crippen LogP contribution in [-0.2, 0) is 9.84 Å². The number of alkyl halides is 2. The Hall–Kier alpha value is -1.50. The van der Waals surface area contributed by atoms with Gasteiger partial charge in [-0.25, -0.2) is 22.0 Å². The first-order valence-electron chi connectivity index (χ1n) is 5.17. The van der Waals surface area contributed by atoms with Crippen LogP contribution in [0, 0.1) is 0 Å². The molecule has 0 unspecified atom stereocenters. The van der Waals surface area contributed by atoms with Crippen LogP contribution in [0.4, 0.5) is 8.78 Å². The molecule has 1 saturated carbocycles. The van der Waals surface area contributed by atoms with Crippen molar-refractivity contribution in [1.82, 2.24) is 0 Å². The average molecular weight is 276 g/mol. The van der Waals surface area contributed by atoms with Gasteiger partial charge in [-0.15, -0.1) is 0 Å². The molecule has 1 aromatic rings. The summed E-state index contributed by atoms with van der Waals surface area (Å²) in [5.41, 5.74) is -0.179. The molecular weight excluding hydrogens is 266 g/mol. The zero-order valence-electron chi connectivity index (χ0n) is 9.14. The average Bonchev–Trinajstić information content (AvgIpc) is 2.26. The molecule has 0 atom stereocenters. The van der Waals surface area contributed by atoms with Crippen LogP contribution >= 0.6 is 0 Å². The van der Waals surface area contributed by atoms with E-state index in [9.17, 15) is 22.0 Å². The van der Waals surface area contributed by atoms with E-state index in [1.807, 2.05) is 0 Å². The molecule has 1 aliphatic rings. The largest absolute Gasteiger partial charge is 0.478 e. The fourth-order valence-corrected chi connectivity index (χ4v) is 3.70. The lowest BCUT2D eigenvalue weighted by Gasteiger charge is -2.34. The van der Waals surface area contributed by atoms with Crippen molar-refractivity contribution in [3.05, 3.63) is 29.8 Å². The zero-order chi connectivity index (χ0) is 13.6. The van der Waals surface area contributed by atoms with Crippen LogP contribution in [0.1, 0.15) is 23.2 Å². The molecule has 0 radical (unpaired) electrons. The van der Waals surface area contributed by atoms with Crippen LogP contribution in [0.3, 0.4) is 0 Å². The van der Waals surface area contributed by atoms with Crippen molar-refractivity contribution < 1.29 is 27.1 Å². The number of hydrogen-bond donors (Lipinski definition) is 1. The molecule has 1 aromatic carbocycles. The summed E-state index contributed by atoms with van der Waals surface area (Å²) in [6.45, 7) is 0. The highest BCUT2D eigenvalue weighted by Gasteiger charge is 2.51.